The fourth-order valence-electron chi connectivity index (χ4n) is 2.95. The highest BCUT2D eigenvalue weighted by atomic mass is 16.5. The van der Waals surface area contributed by atoms with Crippen LogP contribution in [0.3, 0.4) is 0 Å². The van der Waals surface area contributed by atoms with Gasteiger partial charge in [-0.3, -0.25) is 4.79 Å². The summed E-state index contributed by atoms with van der Waals surface area (Å²) < 4.78 is 6.05. The number of aliphatic hydroxyl groups excluding tert-OH is 1. The summed E-state index contributed by atoms with van der Waals surface area (Å²) >= 11 is 0. The van der Waals surface area contributed by atoms with Crippen LogP contribution >= 0.6 is 0 Å². The van der Waals surface area contributed by atoms with Crippen LogP contribution in [0.5, 0.6) is 0 Å². The number of ketones is 1. The zero-order chi connectivity index (χ0) is 15.4. The normalized spacial score (nSPS) is 24.9. The zero-order valence-corrected chi connectivity index (χ0v) is 12.4. The highest BCUT2D eigenvalue weighted by Crippen LogP contribution is 2.32. The quantitative estimate of drug-likeness (QED) is 0.878. The highest BCUT2D eigenvalue weighted by molar-refractivity contribution is 5.96. The van der Waals surface area contributed by atoms with Gasteiger partial charge in [0.1, 0.15) is 0 Å². The Kier molecular flexibility index (Phi) is 4.66. The average molecular weight is 296 g/mol. The van der Waals surface area contributed by atoms with Crippen LogP contribution in [0.2, 0.25) is 0 Å². The van der Waals surface area contributed by atoms with E-state index in [0.29, 0.717) is 24.8 Å². The molecule has 1 heterocycles. The molecule has 3 atom stereocenters. The Bertz CT molecular complexity index is 609. The lowest BCUT2D eigenvalue weighted by atomic mass is 9.93. The molecule has 0 amide bonds. The summed E-state index contributed by atoms with van der Waals surface area (Å²) in [6.45, 7) is 0. The van der Waals surface area contributed by atoms with E-state index in [9.17, 15) is 9.90 Å². The summed E-state index contributed by atoms with van der Waals surface area (Å²) in [5, 5.41) is 10.1. The largest absolute Gasteiger partial charge is 0.393 e. The van der Waals surface area contributed by atoms with Crippen molar-refractivity contribution in [1.82, 2.24) is 0 Å². The first-order chi connectivity index (χ1) is 10.7. The molecule has 1 N–H and O–H groups in total. The van der Waals surface area contributed by atoms with Gasteiger partial charge in [-0.25, -0.2) is 0 Å². The van der Waals surface area contributed by atoms with Crippen molar-refractivity contribution in [3.05, 3.63) is 71.8 Å². The van der Waals surface area contributed by atoms with Crippen molar-refractivity contribution in [2.24, 2.45) is 0 Å². The van der Waals surface area contributed by atoms with Crippen molar-refractivity contribution < 1.29 is 14.6 Å². The number of hydrogen-bond acceptors (Lipinski definition) is 3. The smallest absolute Gasteiger partial charge is 0.165 e. The topological polar surface area (TPSA) is 46.5 Å². The monoisotopic (exact) mass is 296 g/mol. The molecule has 114 valence electrons. The van der Waals surface area contributed by atoms with Gasteiger partial charge in [0.25, 0.3) is 0 Å². The Hall–Kier alpha value is -1.97. The molecule has 0 saturated carbocycles. The summed E-state index contributed by atoms with van der Waals surface area (Å²) in [7, 11) is 0. The van der Waals surface area contributed by atoms with Crippen LogP contribution in [0.1, 0.15) is 41.3 Å². The van der Waals surface area contributed by atoms with E-state index in [1.165, 1.54) is 0 Å². The van der Waals surface area contributed by atoms with Gasteiger partial charge < -0.3 is 9.84 Å². The molecule has 3 nitrogen and oxygen atoms in total. The van der Waals surface area contributed by atoms with E-state index in [1.807, 2.05) is 60.7 Å². The van der Waals surface area contributed by atoms with Gasteiger partial charge in [-0.2, -0.15) is 0 Å². The van der Waals surface area contributed by atoms with Crippen LogP contribution in [0.25, 0.3) is 0 Å². The number of hydrogen-bond donors (Lipinski definition) is 1. The van der Waals surface area contributed by atoms with Crippen molar-refractivity contribution in [1.29, 1.82) is 0 Å². The van der Waals surface area contributed by atoms with Crippen molar-refractivity contribution in [2.75, 3.05) is 0 Å². The third-order valence-corrected chi connectivity index (χ3v) is 4.06. The maximum Gasteiger partial charge on any atom is 0.165 e. The molecular formula is C19H20O3. The van der Waals surface area contributed by atoms with E-state index in [4.69, 9.17) is 4.74 Å². The number of aliphatic hydroxyl groups is 1. The van der Waals surface area contributed by atoms with Gasteiger partial charge in [-0.1, -0.05) is 60.7 Å². The van der Waals surface area contributed by atoms with E-state index in [2.05, 4.69) is 0 Å². The summed E-state index contributed by atoms with van der Waals surface area (Å²) in [6.07, 6.45) is 0.611. The molecule has 1 aliphatic rings. The summed E-state index contributed by atoms with van der Waals surface area (Å²) in [5.74, 6) is 0.0616. The van der Waals surface area contributed by atoms with E-state index in [-0.39, 0.29) is 18.0 Å². The maximum atomic E-state index is 12.3. The average Bonchev–Trinajstić information content (AvgIpc) is 2.56. The second kappa shape index (κ2) is 6.86. The molecule has 1 fully saturated rings. The fourth-order valence-corrected chi connectivity index (χ4v) is 2.95. The number of Topliss-reactive ketones (excluding diaryl/α,β-unsaturated/α-hetero) is 1. The summed E-state index contributed by atoms with van der Waals surface area (Å²) in [5.41, 5.74) is 1.75. The van der Waals surface area contributed by atoms with E-state index < -0.39 is 6.10 Å². The molecule has 2 aromatic rings. The van der Waals surface area contributed by atoms with Crippen molar-refractivity contribution >= 4 is 5.78 Å². The van der Waals surface area contributed by atoms with Crippen LogP contribution in [0.4, 0.5) is 0 Å². The van der Waals surface area contributed by atoms with Gasteiger partial charge >= 0.3 is 0 Å². The van der Waals surface area contributed by atoms with Crippen LogP contribution in [0, 0.1) is 0 Å². The first kappa shape index (κ1) is 14.9. The van der Waals surface area contributed by atoms with Gasteiger partial charge in [-0.15, -0.1) is 0 Å². The molecule has 0 radical (unpaired) electrons. The molecule has 2 aromatic carbocycles. The number of rotatable bonds is 4. The van der Waals surface area contributed by atoms with E-state index >= 15 is 0 Å². The molecular weight excluding hydrogens is 276 g/mol. The molecule has 3 heteroatoms. The second-order valence-corrected chi connectivity index (χ2v) is 5.78. The number of ether oxygens (including phenoxy) is 1. The van der Waals surface area contributed by atoms with Crippen LogP contribution in [0.15, 0.2) is 60.7 Å². The van der Waals surface area contributed by atoms with E-state index in [1.54, 1.807) is 0 Å². The number of carbonyl (C=O) groups is 1. The third-order valence-electron chi connectivity index (χ3n) is 4.06. The second-order valence-electron chi connectivity index (χ2n) is 5.78. The molecule has 0 aliphatic carbocycles. The zero-order valence-electron chi connectivity index (χ0n) is 12.4. The molecule has 0 bridgehead atoms. The van der Waals surface area contributed by atoms with Crippen molar-refractivity contribution in [2.45, 2.75) is 37.6 Å². The first-order valence-electron chi connectivity index (χ1n) is 7.69. The predicted octanol–water partition coefficient (Wildman–Crippen LogP) is 3.54. The Balaban J connectivity index is 1.68. The van der Waals surface area contributed by atoms with Crippen molar-refractivity contribution in [3.63, 3.8) is 0 Å². The minimum absolute atomic E-state index is 0.0616. The Morgan fingerprint density at radius 3 is 2.32 bits per heavy atom. The highest BCUT2D eigenvalue weighted by Gasteiger charge is 2.30. The van der Waals surface area contributed by atoms with Crippen molar-refractivity contribution in [3.8, 4) is 0 Å². The third kappa shape index (κ3) is 3.62. The molecule has 1 saturated heterocycles. The summed E-state index contributed by atoms with van der Waals surface area (Å²) in [4.78, 5) is 12.3. The minimum atomic E-state index is -0.424. The molecule has 22 heavy (non-hydrogen) atoms. The predicted molar refractivity (Wildman–Crippen MR) is 84.7 cm³/mol. The Morgan fingerprint density at radius 1 is 1.00 bits per heavy atom. The lowest BCUT2D eigenvalue weighted by Crippen LogP contribution is -2.32. The lowest BCUT2D eigenvalue weighted by molar-refractivity contribution is -0.0962. The van der Waals surface area contributed by atoms with Gasteiger partial charge in [0.15, 0.2) is 5.78 Å². The number of benzene rings is 2. The maximum absolute atomic E-state index is 12.3. The van der Waals surface area contributed by atoms with Gasteiger partial charge in [0, 0.05) is 24.8 Å². The van der Waals surface area contributed by atoms with Crippen LogP contribution < -0.4 is 0 Å². The van der Waals surface area contributed by atoms with Gasteiger partial charge in [0.2, 0.25) is 0 Å². The molecule has 1 aliphatic heterocycles. The number of carbonyl (C=O) groups excluding carboxylic acids is 1. The van der Waals surface area contributed by atoms with Gasteiger partial charge in [0.05, 0.1) is 18.3 Å². The molecule has 0 aromatic heterocycles. The standard InChI is InChI=1S/C19H20O3/c20-16-11-17(13-18(21)14-7-3-1-4-8-14)22-19(12-16)15-9-5-2-6-10-15/h1-10,16-17,19-20H,11-13H2/t16-,17?,19?/m1/s1. The Morgan fingerprint density at radius 2 is 1.64 bits per heavy atom. The molecule has 2 unspecified atom stereocenters. The SMILES string of the molecule is O=C(CC1C[C@@H](O)CC(c2ccccc2)O1)c1ccccc1. The molecule has 3 rings (SSSR count). The summed E-state index contributed by atoms with van der Waals surface area (Å²) in [6, 6.07) is 19.1. The van der Waals surface area contributed by atoms with E-state index in [0.717, 1.165) is 5.56 Å². The van der Waals surface area contributed by atoms with Gasteiger partial charge in [-0.05, 0) is 5.56 Å². The Labute approximate surface area is 130 Å². The minimum Gasteiger partial charge on any atom is -0.393 e. The van der Waals surface area contributed by atoms with Crippen LogP contribution in [-0.2, 0) is 4.74 Å². The fraction of sp³-hybridized carbons (Fsp3) is 0.316. The van der Waals surface area contributed by atoms with Crippen LogP contribution in [-0.4, -0.2) is 23.1 Å². The first-order valence-corrected chi connectivity index (χ1v) is 7.69. The lowest BCUT2D eigenvalue weighted by Gasteiger charge is -2.33. The molecule has 0 spiro atoms.